The Morgan fingerprint density at radius 2 is 1.72 bits per heavy atom. The van der Waals surface area contributed by atoms with Crippen LogP contribution in [0.1, 0.15) is 26.7 Å². The minimum atomic E-state index is -0.388. The number of rotatable bonds is 11. The van der Waals surface area contributed by atoms with Gasteiger partial charge in [-0.2, -0.15) is 0 Å². The summed E-state index contributed by atoms with van der Waals surface area (Å²) in [5.74, 6) is -1.02. The molecule has 0 saturated heterocycles. The van der Waals surface area contributed by atoms with E-state index in [1.807, 2.05) is 0 Å². The molecule has 0 saturated carbocycles. The molecule has 0 atom stereocenters. The van der Waals surface area contributed by atoms with Crippen molar-refractivity contribution in [2.75, 3.05) is 39.5 Å². The van der Waals surface area contributed by atoms with Gasteiger partial charge in [-0.25, -0.2) is 0 Å². The van der Waals surface area contributed by atoms with Crippen LogP contribution in [0.25, 0.3) is 0 Å². The van der Waals surface area contributed by atoms with Crippen LogP contribution in [-0.4, -0.2) is 62.1 Å². The highest BCUT2D eigenvalue weighted by Gasteiger charge is 2.23. The second kappa shape index (κ2) is 14.2. The van der Waals surface area contributed by atoms with Crippen LogP contribution in [0.3, 0.4) is 0 Å². The van der Waals surface area contributed by atoms with Crippen molar-refractivity contribution >= 4 is 17.7 Å². The van der Waals surface area contributed by atoms with Crippen molar-refractivity contribution in [1.82, 2.24) is 10.2 Å². The van der Waals surface area contributed by atoms with Gasteiger partial charge in [0.1, 0.15) is 0 Å². The maximum atomic E-state index is 11.5. The van der Waals surface area contributed by atoms with Gasteiger partial charge in [-0.3, -0.25) is 19.3 Å². The Bertz CT molecular complexity index is 459. The molecule has 0 radical (unpaired) electrons. The number of nitrogens with one attached hydrogen (secondary N) is 1. The molecule has 1 aliphatic rings. The van der Waals surface area contributed by atoms with E-state index in [2.05, 4.69) is 25.7 Å². The van der Waals surface area contributed by atoms with E-state index < -0.39 is 0 Å². The van der Waals surface area contributed by atoms with Crippen LogP contribution in [0, 0.1) is 0 Å². The van der Waals surface area contributed by atoms with Crippen molar-refractivity contribution in [3.63, 3.8) is 0 Å². The number of hydrogen-bond acceptors (Lipinski definition) is 6. The highest BCUT2D eigenvalue weighted by molar-refractivity contribution is 6.13. The Labute approximate surface area is 149 Å². The monoisotopic (exact) mass is 355 g/mol. The molecule has 142 valence electrons. The molecule has 1 rings (SSSR count). The van der Waals surface area contributed by atoms with Gasteiger partial charge in [0.05, 0.1) is 26.4 Å². The second-order valence-electron chi connectivity index (χ2n) is 5.29. The molecule has 25 heavy (non-hydrogen) atoms. The number of amides is 3. The zero-order valence-corrected chi connectivity index (χ0v) is 15.1. The lowest BCUT2D eigenvalue weighted by molar-refractivity contribution is -0.137. The molecular formula is C17H29N3O5. The number of hydrogen-bond donors (Lipinski definition) is 2. The Morgan fingerprint density at radius 3 is 2.28 bits per heavy atom. The molecule has 8 nitrogen and oxygen atoms in total. The predicted molar refractivity (Wildman–Crippen MR) is 94.4 cm³/mol. The summed E-state index contributed by atoms with van der Waals surface area (Å²) in [6.45, 7) is 9.61. The molecule has 0 fully saturated rings. The minimum Gasteiger partial charge on any atom is -0.401 e. The van der Waals surface area contributed by atoms with E-state index in [9.17, 15) is 14.4 Å². The number of nitrogens with two attached hydrogens (primary N) is 1. The SMILES string of the molecule is C=C(N)COCCOCCNC(=O)CCN1C(=O)C=CC1=O.CCC. The maximum Gasteiger partial charge on any atom is 0.253 e. The smallest absolute Gasteiger partial charge is 0.253 e. The van der Waals surface area contributed by atoms with Crippen molar-refractivity contribution in [2.45, 2.75) is 26.7 Å². The molecule has 1 aliphatic heterocycles. The third-order valence-electron chi connectivity index (χ3n) is 2.69. The van der Waals surface area contributed by atoms with E-state index in [1.54, 1.807) is 0 Å². The van der Waals surface area contributed by atoms with Gasteiger partial charge in [0.2, 0.25) is 5.91 Å². The van der Waals surface area contributed by atoms with Gasteiger partial charge in [0.25, 0.3) is 11.8 Å². The lowest BCUT2D eigenvalue weighted by atomic mass is 10.3. The van der Waals surface area contributed by atoms with Crippen molar-refractivity contribution in [3.05, 3.63) is 24.4 Å². The number of ether oxygens (including phenoxy) is 2. The second-order valence-corrected chi connectivity index (χ2v) is 5.29. The lowest BCUT2D eigenvalue weighted by Crippen LogP contribution is -2.35. The Hall–Kier alpha value is -2.19. The first-order chi connectivity index (χ1) is 11.9. The number of carbonyl (C=O) groups is 3. The molecule has 1 heterocycles. The van der Waals surface area contributed by atoms with Gasteiger partial charge in [-0.05, 0) is 0 Å². The van der Waals surface area contributed by atoms with Crippen LogP contribution >= 0.6 is 0 Å². The Kier molecular flexibility index (Phi) is 12.9. The third kappa shape index (κ3) is 11.9. The van der Waals surface area contributed by atoms with Crippen LogP contribution in [0.4, 0.5) is 0 Å². The third-order valence-corrected chi connectivity index (χ3v) is 2.69. The molecule has 3 N–H and O–H groups in total. The van der Waals surface area contributed by atoms with E-state index in [4.69, 9.17) is 15.2 Å². The van der Waals surface area contributed by atoms with Gasteiger partial charge < -0.3 is 20.5 Å². The molecule has 0 aromatic heterocycles. The van der Waals surface area contributed by atoms with Gasteiger partial charge >= 0.3 is 0 Å². The first-order valence-corrected chi connectivity index (χ1v) is 8.31. The normalized spacial score (nSPS) is 12.8. The Balaban J connectivity index is 0.00000178. The largest absolute Gasteiger partial charge is 0.401 e. The van der Waals surface area contributed by atoms with Crippen LogP contribution in [0.5, 0.6) is 0 Å². The van der Waals surface area contributed by atoms with E-state index in [0.29, 0.717) is 38.7 Å². The quantitative estimate of drug-likeness (QED) is 0.408. The van der Waals surface area contributed by atoms with Crippen LogP contribution in [0.15, 0.2) is 24.4 Å². The predicted octanol–water partition coefficient (Wildman–Crippen LogP) is 0.340. The highest BCUT2D eigenvalue weighted by atomic mass is 16.5. The Morgan fingerprint density at radius 1 is 1.16 bits per heavy atom. The summed E-state index contributed by atoms with van der Waals surface area (Å²) in [4.78, 5) is 35.1. The van der Waals surface area contributed by atoms with Gasteiger partial charge in [0.15, 0.2) is 0 Å². The maximum absolute atomic E-state index is 11.5. The van der Waals surface area contributed by atoms with Crippen LogP contribution in [0.2, 0.25) is 0 Å². The first-order valence-electron chi connectivity index (χ1n) is 8.31. The average Bonchev–Trinajstić information content (AvgIpc) is 2.87. The van der Waals surface area contributed by atoms with Gasteiger partial charge in [0, 0.05) is 37.4 Å². The highest BCUT2D eigenvalue weighted by Crippen LogP contribution is 2.03. The average molecular weight is 355 g/mol. The number of carbonyl (C=O) groups excluding carboxylic acids is 3. The fourth-order valence-corrected chi connectivity index (χ4v) is 1.64. The van der Waals surface area contributed by atoms with E-state index >= 15 is 0 Å². The summed E-state index contributed by atoms with van der Waals surface area (Å²) in [7, 11) is 0. The zero-order chi connectivity index (χ0) is 19.1. The molecule has 0 aliphatic carbocycles. The van der Waals surface area contributed by atoms with Gasteiger partial charge in [-0.15, -0.1) is 0 Å². The molecule has 0 aromatic rings. The van der Waals surface area contributed by atoms with E-state index in [0.717, 1.165) is 4.90 Å². The minimum absolute atomic E-state index is 0.0703. The summed E-state index contributed by atoms with van der Waals surface area (Å²) >= 11 is 0. The number of nitrogens with zero attached hydrogens (tertiary/aromatic N) is 1. The molecule has 0 spiro atoms. The molecular weight excluding hydrogens is 326 g/mol. The van der Waals surface area contributed by atoms with E-state index in [-0.39, 0.29) is 30.7 Å². The van der Waals surface area contributed by atoms with E-state index in [1.165, 1.54) is 18.6 Å². The molecule has 0 aromatic carbocycles. The zero-order valence-electron chi connectivity index (χ0n) is 15.1. The molecule has 0 unspecified atom stereocenters. The van der Waals surface area contributed by atoms with Gasteiger partial charge in [-0.1, -0.05) is 26.8 Å². The summed E-state index contributed by atoms with van der Waals surface area (Å²) < 4.78 is 10.4. The molecule has 0 bridgehead atoms. The topological polar surface area (TPSA) is 111 Å². The fraction of sp³-hybridized carbons (Fsp3) is 0.588. The van der Waals surface area contributed by atoms with Crippen molar-refractivity contribution in [3.8, 4) is 0 Å². The van der Waals surface area contributed by atoms with Crippen molar-refractivity contribution in [2.24, 2.45) is 5.73 Å². The molecule has 8 heteroatoms. The summed E-state index contributed by atoms with van der Waals surface area (Å²) in [5, 5.41) is 2.64. The van der Waals surface area contributed by atoms with Crippen LogP contribution < -0.4 is 11.1 Å². The summed E-state index contributed by atoms with van der Waals surface area (Å²) in [6.07, 6.45) is 3.70. The summed E-state index contributed by atoms with van der Waals surface area (Å²) in [5.41, 5.74) is 5.78. The van der Waals surface area contributed by atoms with Crippen LogP contribution in [-0.2, 0) is 23.9 Å². The van der Waals surface area contributed by atoms with Crippen molar-refractivity contribution in [1.29, 1.82) is 0 Å². The fourth-order valence-electron chi connectivity index (χ4n) is 1.64. The first kappa shape index (κ1) is 22.8. The lowest BCUT2D eigenvalue weighted by Gasteiger charge is -2.13. The summed E-state index contributed by atoms with van der Waals surface area (Å²) in [6, 6.07) is 0. The number of imide groups is 1. The molecule has 3 amide bonds. The van der Waals surface area contributed by atoms with Crippen molar-refractivity contribution < 1.29 is 23.9 Å². The standard InChI is InChI=1S/C14H21N3O5.C3H8/c1-11(15)10-22-9-8-21-7-5-16-12(18)4-6-17-13(19)2-3-14(17)20;1-3-2/h2-3H,1,4-10,15H2,(H,16,18);3H2,1-2H3.